The Balaban J connectivity index is 0.000000479. The van der Waals surface area contributed by atoms with Crippen molar-refractivity contribution >= 4 is 29.0 Å². The van der Waals surface area contributed by atoms with Gasteiger partial charge in [0.15, 0.2) is 0 Å². The molecule has 0 fully saturated rings. The van der Waals surface area contributed by atoms with E-state index in [4.69, 9.17) is 9.90 Å². The molecule has 0 amide bonds. The lowest BCUT2D eigenvalue weighted by Crippen LogP contribution is -2.21. The summed E-state index contributed by atoms with van der Waals surface area (Å²) < 4.78 is 31.7. The van der Waals surface area contributed by atoms with E-state index in [0.717, 1.165) is 17.8 Å². The fraction of sp³-hybridized carbons (Fsp3) is 0.160. The summed E-state index contributed by atoms with van der Waals surface area (Å²) in [6.07, 6.45) is -4.35. The molecule has 37 heavy (non-hydrogen) atoms. The molecule has 4 rings (SSSR count). The van der Waals surface area contributed by atoms with Gasteiger partial charge in [0.1, 0.15) is 40.7 Å². The number of nitrogens with one attached hydrogen (secondary N) is 2. The van der Waals surface area contributed by atoms with Crippen molar-refractivity contribution in [2.24, 2.45) is 4.99 Å². The van der Waals surface area contributed by atoms with Crippen LogP contribution in [0.2, 0.25) is 0 Å². The first-order valence-electron chi connectivity index (χ1n) is 10.6. The Kier molecular flexibility index (Phi) is 7.95. The molecule has 0 unspecified atom stereocenters. The number of hydrogen-bond donors (Lipinski definition) is 4. The summed E-state index contributed by atoms with van der Waals surface area (Å²) in [5.74, 6) is -1.99. The van der Waals surface area contributed by atoms with Crippen LogP contribution >= 0.6 is 0 Å². The minimum absolute atomic E-state index is 0.0516. The average molecular weight is 508 g/mol. The van der Waals surface area contributed by atoms with Gasteiger partial charge in [-0.05, 0) is 29.3 Å². The van der Waals surface area contributed by atoms with Crippen molar-refractivity contribution < 1.29 is 28.2 Å². The molecule has 1 aliphatic rings. The number of halogens is 3. The summed E-state index contributed by atoms with van der Waals surface area (Å²) in [6.45, 7) is 0.422. The highest BCUT2D eigenvalue weighted by molar-refractivity contribution is 5.97. The molecule has 0 radical (unpaired) electrons. The average Bonchev–Trinajstić information content (AvgIpc) is 3.29. The van der Waals surface area contributed by atoms with Crippen LogP contribution in [0.5, 0.6) is 5.75 Å². The van der Waals surface area contributed by atoms with E-state index in [1.165, 1.54) is 17.7 Å². The second-order valence-corrected chi connectivity index (χ2v) is 7.60. The van der Waals surface area contributed by atoms with Crippen molar-refractivity contribution in [3.63, 3.8) is 0 Å². The second kappa shape index (κ2) is 11.1. The lowest BCUT2D eigenvalue weighted by Gasteiger charge is -2.16. The Morgan fingerprint density at radius 2 is 1.73 bits per heavy atom. The maximum Gasteiger partial charge on any atom is 0.490 e. The number of rotatable bonds is 5. The summed E-state index contributed by atoms with van der Waals surface area (Å²) in [7, 11) is 1.67. The van der Waals surface area contributed by atoms with Gasteiger partial charge in [-0.1, -0.05) is 30.3 Å². The Bertz CT molecular complexity index is 1460. The number of pyridine rings is 1. The molecule has 0 spiro atoms. The number of aromatic hydroxyl groups is 1. The number of carbonyl (C=O) groups is 1. The molecule has 1 aromatic heterocycles. The molecular weight excluding hydrogens is 489 g/mol. The molecule has 12 heteroatoms. The smallest absolute Gasteiger partial charge is 0.490 e. The van der Waals surface area contributed by atoms with Crippen LogP contribution in [0.25, 0.3) is 11.1 Å². The number of phenols is 1. The number of carboxylic acid groups (broad SMARTS) is 1. The molecule has 0 aliphatic carbocycles. The van der Waals surface area contributed by atoms with Crippen molar-refractivity contribution in [3.8, 4) is 29.0 Å². The topological polar surface area (TPSA) is 154 Å². The highest BCUT2D eigenvalue weighted by Crippen LogP contribution is 2.36. The van der Waals surface area contributed by atoms with Crippen LogP contribution < -0.4 is 10.6 Å². The standard InChI is InChI=1S/C23H18N6O.C2HF3O2/c1-26-22-18(11-24)21(15-6-4-7-17(30)10-15)19(12-25)23(29-22)27-13-16-9-14-5-2-3-8-20(14)28-16;3-2(4,5)1(6)7/h2-8,10,30H,9,13H2,1H3,(H2,26,27,29);(H,6,7). The van der Waals surface area contributed by atoms with Crippen LogP contribution in [0.3, 0.4) is 0 Å². The van der Waals surface area contributed by atoms with Crippen molar-refractivity contribution in [1.82, 2.24) is 4.98 Å². The Morgan fingerprint density at radius 1 is 1.08 bits per heavy atom. The van der Waals surface area contributed by atoms with Gasteiger partial charge in [-0.25, -0.2) is 9.78 Å². The zero-order chi connectivity index (χ0) is 27.2. The van der Waals surface area contributed by atoms with Crippen molar-refractivity contribution in [1.29, 1.82) is 10.5 Å². The molecule has 188 valence electrons. The molecule has 0 bridgehead atoms. The highest BCUT2D eigenvalue weighted by atomic mass is 19.4. The normalized spacial score (nSPS) is 11.7. The van der Waals surface area contributed by atoms with Gasteiger partial charge in [0.25, 0.3) is 0 Å². The third kappa shape index (κ3) is 6.13. The number of hydrogen-bond acceptors (Lipinski definition) is 8. The van der Waals surface area contributed by atoms with E-state index >= 15 is 0 Å². The third-order valence-corrected chi connectivity index (χ3v) is 5.16. The number of alkyl halides is 3. The SMILES string of the molecule is CNc1nc(NCC2=Nc3ccccc3C2)c(C#N)c(-c2cccc(O)c2)c1C#N.O=C(O)C(F)(F)F. The number of para-hydroxylation sites is 1. The number of aliphatic imine (C=N–C) groups is 1. The lowest BCUT2D eigenvalue weighted by molar-refractivity contribution is -0.192. The van der Waals surface area contributed by atoms with E-state index in [0.29, 0.717) is 29.3 Å². The molecule has 4 N–H and O–H groups in total. The fourth-order valence-electron chi connectivity index (χ4n) is 3.55. The number of aliphatic carboxylic acids is 1. The van der Waals surface area contributed by atoms with Gasteiger partial charge in [-0.2, -0.15) is 23.7 Å². The molecule has 1 aliphatic heterocycles. The molecule has 9 nitrogen and oxygen atoms in total. The molecule has 0 saturated heterocycles. The Labute approximate surface area is 209 Å². The first kappa shape index (κ1) is 26.5. The monoisotopic (exact) mass is 508 g/mol. The third-order valence-electron chi connectivity index (χ3n) is 5.16. The van der Waals surface area contributed by atoms with E-state index in [9.17, 15) is 28.8 Å². The first-order valence-corrected chi connectivity index (χ1v) is 10.6. The zero-order valence-electron chi connectivity index (χ0n) is 19.3. The van der Waals surface area contributed by atoms with Crippen LogP contribution in [-0.4, -0.2) is 46.6 Å². The van der Waals surface area contributed by atoms with Crippen LogP contribution in [0.4, 0.5) is 30.5 Å². The molecule has 0 saturated carbocycles. The van der Waals surface area contributed by atoms with Crippen LogP contribution in [0.1, 0.15) is 16.7 Å². The van der Waals surface area contributed by atoms with Gasteiger partial charge < -0.3 is 20.8 Å². The van der Waals surface area contributed by atoms with E-state index < -0.39 is 12.1 Å². The highest BCUT2D eigenvalue weighted by Gasteiger charge is 2.38. The number of fused-ring (bicyclic) bond motifs is 1. The van der Waals surface area contributed by atoms with Gasteiger partial charge in [-0.3, -0.25) is 4.99 Å². The Morgan fingerprint density at radius 3 is 2.30 bits per heavy atom. The van der Waals surface area contributed by atoms with Gasteiger partial charge in [-0.15, -0.1) is 0 Å². The van der Waals surface area contributed by atoms with E-state index in [-0.39, 0.29) is 16.9 Å². The van der Waals surface area contributed by atoms with Gasteiger partial charge >= 0.3 is 12.1 Å². The van der Waals surface area contributed by atoms with Crippen molar-refractivity contribution in [2.75, 3.05) is 24.2 Å². The molecule has 3 aromatic rings. The predicted octanol–water partition coefficient (Wildman–Crippen LogP) is 4.61. The minimum Gasteiger partial charge on any atom is -0.508 e. The molecular formula is C25H19F3N6O3. The first-order chi connectivity index (χ1) is 17.6. The number of nitriles is 2. The summed E-state index contributed by atoms with van der Waals surface area (Å²) in [5, 5.41) is 42.8. The van der Waals surface area contributed by atoms with E-state index in [2.05, 4.69) is 32.7 Å². The van der Waals surface area contributed by atoms with Gasteiger partial charge in [0.2, 0.25) is 0 Å². The quantitative estimate of drug-likeness (QED) is 0.389. The number of nitrogens with zero attached hydrogens (tertiary/aromatic N) is 4. The lowest BCUT2D eigenvalue weighted by atomic mass is 9.95. The van der Waals surface area contributed by atoms with Crippen LogP contribution in [0, 0.1) is 22.7 Å². The summed E-state index contributed by atoms with van der Waals surface area (Å²) in [4.78, 5) is 18.0. The van der Waals surface area contributed by atoms with Crippen LogP contribution in [-0.2, 0) is 11.2 Å². The van der Waals surface area contributed by atoms with Crippen molar-refractivity contribution in [2.45, 2.75) is 12.6 Å². The van der Waals surface area contributed by atoms with Gasteiger partial charge in [0, 0.05) is 24.7 Å². The van der Waals surface area contributed by atoms with Gasteiger partial charge in [0.05, 0.1) is 12.2 Å². The summed E-state index contributed by atoms with van der Waals surface area (Å²) >= 11 is 0. The number of phenolic OH excluding ortho intramolecular Hbond substituents is 1. The van der Waals surface area contributed by atoms with Crippen LogP contribution in [0.15, 0.2) is 53.5 Å². The molecule has 2 aromatic carbocycles. The maximum atomic E-state index is 10.6. The minimum atomic E-state index is -5.08. The second-order valence-electron chi connectivity index (χ2n) is 7.60. The zero-order valence-corrected chi connectivity index (χ0v) is 19.3. The predicted molar refractivity (Wildman–Crippen MR) is 130 cm³/mol. The Hall–Kier alpha value is -5.10. The summed E-state index contributed by atoms with van der Waals surface area (Å²) in [5.41, 5.74) is 4.54. The molecule has 0 atom stereocenters. The fourth-order valence-corrected chi connectivity index (χ4v) is 3.55. The number of aromatic nitrogens is 1. The number of benzene rings is 2. The molecule has 2 heterocycles. The summed E-state index contributed by atoms with van der Waals surface area (Å²) in [6, 6.07) is 18.8. The maximum absolute atomic E-state index is 10.6. The largest absolute Gasteiger partial charge is 0.508 e. The van der Waals surface area contributed by atoms with E-state index in [1.807, 2.05) is 24.3 Å². The van der Waals surface area contributed by atoms with Crippen molar-refractivity contribution in [3.05, 3.63) is 65.2 Å². The number of anilines is 2. The number of carboxylic acids is 1. The van der Waals surface area contributed by atoms with E-state index in [1.54, 1.807) is 19.2 Å².